The molecule has 0 spiro atoms. The van der Waals surface area contributed by atoms with Gasteiger partial charge in [-0.2, -0.15) is 0 Å². The van der Waals surface area contributed by atoms with Gasteiger partial charge in [0.05, 0.1) is 18.2 Å². The van der Waals surface area contributed by atoms with Crippen LogP contribution in [0.5, 0.6) is 0 Å². The number of carbonyl (C=O) groups is 1. The molecule has 1 heterocycles. The third kappa shape index (κ3) is 10.3. The van der Waals surface area contributed by atoms with E-state index in [1.54, 1.807) is 7.05 Å². The van der Waals surface area contributed by atoms with Gasteiger partial charge in [-0.05, 0) is 58.6 Å². The summed E-state index contributed by atoms with van der Waals surface area (Å²) in [6, 6.07) is 8.38. The van der Waals surface area contributed by atoms with Crippen LogP contribution in [0.2, 0.25) is 0 Å². The normalized spacial score (nSPS) is 15.9. The lowest BCUT2D eigenvalue weighted by Crippen LogP contribution is -2.54. The highest BCUT2D eigenvalue weighted by molar-refractivity contribution is 5.79. The van der Waals surface area contributed by atoms with Gasteiger partial charge < -0.3 is 30.2 Å². The van der Waals surface area contributed by atoms with E-state index in [9.17, 15) is 4.79 Å². The Morgan fingerprint density at radius 3 is 2.28 bits per heavy atom. The standard InChI is InChI=1S/C24H40N4O4/c1-23(2,3)32-22(29)28-24(4,5)17-27-21(25-6)26-15-18-7-9-19(10-8-18)16-31-20-11-13-30-14-12-20/h7-10,20H,11-17H2,1-6H3,(H,28,29)(H2,25,26,27). The van der Waals surface area contributed by atoms with Crippen molar-refractivity contribution in [2.24, 2.45) is 4.99 Å². The molecule has 8 nitrogen and oxygen atoms in total. The van der Waals surface area contributed by atoms with Crippen molar-refractivity contribution >= 4 is 12.1 Å². The third-order valence-corrected chi connectivity index (χ3v) is 4.90. The van der Waals surface area contributed by atoms with E-state index in [-0.39, 0.29) is 0 Å². The average Bonchev–Trinajstić information content (AvgIpc) is 2.72. The molecule has 2 rings (SSSR count). The Bertz CT molecular complexity index is 735. The maximum atomic E-state index is 12.0. The second-order valence-electron chi connectivity index (χ2n) is 9.73. The molecule has 1 aromatic rings. The summed E-state index contributed by atoms with van der Waals surface area (Å²) in [5.74, 6) is 0.663. The number of nitrogens with zero attached hydrogens (tertiary/aromatic N) is 1. The van der Waals surface area contributed by atoms with E-state index in [1.807, 2.05) is 34.6 Å². The second kappa shape index (κ2) is 12.1. The van der Waals surface area contributed by atoms with Crippen molar-refractivity contribution in [2.45, 2.75) is 77.9 Å². The Morgan fingerprint density at radius 1 is 1.06 bits per heavy atom. The number of carbonyl (C=O) groups excluding carboxylic acids is 1. The summed E-state index contributed by atoms with van der Waals surface area (Å²) in [7, 11) is 1.72. The SMILES string of the molecule is CN=C(NCc1ccc(COC2CCOCC2)cc1)NCC(C)(C)NC(=O)OC(C)(C)C. The van der Waals surface area contributed by atoms with Crippen molar-refractivity contribution in [3.63, 3.8) is 0 Å². The Labute approximate surface area is 192 Å². The van der Waals surface area contributed by atoms with E-state index in [4.69, 9.17) is 14.2 Å². The van der Waals surface area contributed by atoms with Gasteiger partial charge in [-0.3, -0.25) is 4.99 Å². The number of ether oxygens (including phenoxy) is 3. The first kappa shape index (κ1) is 25.9. The molecular weight excluding hydrogens is 408 g/mol. The second-order valence-corrected chi connectivity index (χ2v) is 9.73. The third-order valence-electron chi connectivity index (χ3n) is 4.90. The molecule has 0 unspecified atom stereocenters. The van der Waals surface area contributed by atoms with Crippen LogP contribution in [0.4, 0.5) is 4.79 Å². The predicted molar refractivity (Wildman–Crippen MR) is 127 cm³/mol. The monoisotopic (exact) mass is 448 g/mol. The molecule has 180 valence electrons. The van der Waals surface area contributed by atoms with E-state index in [2.05, 4.69) is 45.2 Å². The van der Waals surface area contributed by atoms with Crippen LogP contribution in [0, 0.1) is 0 Å². The Hall–Kier alpha value is -2.32. The first-order chi connectivity index (χ1) is 15.1. The van der Waals surface area contributed by atoms with E-state index in [0.29, 0.717) is 31.8 Å². The van der Waals surface area contributed by atoms with E-state index in [1.165, 1.54) is 0 Å². The number of hydrogen-bond acceptors (Lipinski definition) is 5. The minimum absolute atomic E-state index is 0.300. The maximum absolute atomic E-state index is 12.0. The van der Waals surface area contributed by atoms with Crippen LogP contribution in [-0.4, -0.2) is 56.1 Å². The van der Waals surface area contributed by atoms with Gasteiger partial charge >= 0.3 is 6.09 Å². The minimum atomic E-state index is -0.530. The molecule has 8 heteroatoms. The molecule has 0 aliphatic carbocycles. The molecule has 1 aromatic carbocycles. The molecule has 3 N–H and O–H groups in total. The smallest absolute Gasteiger partial charge is 0.408 e. The van der Waals surface area contributed by atoms with E-state index < -0.39 is 17.2 Å². The van der Waals surface area contributed by atoms with Crippen molar-refractivity contribution in [3.8, 4) is 0 Å². The fourth-order valence-electron chi connectivity index (χ4n) is 3.15. The zero-order valence-electron chi connectivity index (χ0n) is 20.4. The number of aliphatic imine (C=N–C) groups is 1. The number of hydrogen-bond donors (Lipinski definition) is 3. The van der Waals surface area contributed by atoms with Gasteiger partial charge in [0.1, 0.15) is 5.60 Å². The van der Waals surface area contributed by atoms with Crippen LogP contribution in [0.3, 0.4) is 0 Å². The molecule has 32 heavy (non-hydrogen) atoms. The first-order valence-corrected chi connectivity index (χ1v) is 11.3. The predicted octanol–water partition coefficient (Wildman–Crippen LogP) is 3.35. The quantitative estimate of drug-likeness (QED) is 0.417. The molecule has 0 atom stereocenters. The van der Waals surface area contributed by atoms with Crippen molar-refractivity contribution < 1.29 is 19.0 Å². The van der Waals surface area contributed by atoms with Gasteiger partial charge in [0.2, 0.25) is 0 Å². The topological polar surface area (TPSA) is 93.2 Å². The van der Waals surface area contributed by atoms with Gasteiger partial charge in [-0.25, -0.2) is 4.79 Å². The van der Waals surface area contributed by atoms with Crippen LogP contribution in [0.1, 0.15) is 58.6 Å². The number of guanidine groups is 1. The van der Waals surface area contributed by atoms with Crippen LogP contribution >= 0.6 is 0 Å². The van der Waals surface area contributed by atoms with E-state index >= 15 is 0 Å². The highest BCUT2D eigenvalue weighted by Crippen LogP contribution is 2.14. The summed E-state index contributed by atoms with van der Waals surface area (Å²) in [4.78, 5) is 16.3. The highest BCUT2D eigenvalue weighted by Gasteiger charge is 2.24. The van der Waals surface area contributed by atoms with Gasteiger partial charge in [0, 0.05) is 33.4 Å². The maximum Gasteiger partial charge on any atom is 0.408 e. The molecule has 0 saturated carbocycles. The van der Waals surface area contributed by atoms with Crippen molar-refractivity contribution in [1.82, 2.24) is 16.0 Å². The zero-order chi connectivity index (χ0) is 23.6. The van der Waals surface area contributed by atoms with E-state index in [0.717, 1.165) is 37.2 Å². The summed E-state index contributed by atoms with van der Waals surface area (Å²) >= 11 is 0. The number of alkyl carbamates (subject to hydrolysis) is 1. The fourth-order valence-corrected chi connectivity index (χ4v) is 3.15. The number of nitrogens with one attached hydrogen (secondary N) is 3. The molecule has 1 aliphatic rings. The highest BCUT2D eigenvalue weighted by atomic mass is 16.6. The molecule has 0 aromatic heterocycles. The van der Waals surface area contributed by atoms with Gasteiger partial charge in [-0.1, -0.05) is 24.3 Å². The number of amides is 1. The molecule has 1 aliphatic heterocycles. The first-order valence-electron chi connectivity index (χ1n) is 11.3. The van der Waals surface area contributed by atoms with Crippen LogP contribution in [-0.2, 0) is 27.4 Å². The van der Waals surface area contributed by atoms with Gasteiger partial charge in [-0.15, -0.1) is 0 Å². The van der Waals surface area contributed by atoms with Crippen molar-refractivity contribution in [1.29, 1.82) is 0 Å². The summed E-state index contributed by atoms with van der Waals surface area (Å²) in [5, 5.41) is 9.44. The van der Waals surface area contributed by atoms with Gasteiger partial charge in [0.15, 0.2) is 5.96 Å². The Balaban J connectivity index is 1.73. The summed E-state index contributed by atoms with van der Waals surface area (Å²) < 4.78 is 16.7. The average molecular weight is 449 g/mol. The number of rotatable bonds is 8. The lowest BCUT2D eigenvalue weighted by molar-refractivity contribution is -0.0390. The summed E-state index contributed by atoms with van der Waals surface area (Å²) in [6.07, 6.45) is 1.80. The molecule has 0 bridgehead atoms. The number of benzene rings is 1. The van der Waals surface area contributed by atoms with Crippen molar-refractivity contribution in [3.05, 3.63) is 35.4 Å². The molecule has 1 saturated heterocycles. The Morgan fingerprint density at radius 2 is 1.69 bits per heavy atom. The fraction of sp³-hybridized carbons (Fsp3) is 0.667. The van der Waals surface area contributed by atoms with Crippen LogP contribution in [0.25, 0.3) is 0 Å². The molecule has 0 radical (unpaired) electrons. The van der Waals surface area contributed by atoms with Gasteiger partial charge in [0.25, 0.3) is 0 Å². The Kier molecular flexibility index (Phi) is 9.78. The van der Waals surface area contributed by atoms with Crippen LogP contribution < -0.4 is 16.0 Å². The molecule has 1 amide bonds. The summed E-state index contributed by atoms with van der Waals surface area (Å²) in [6.45, 7) is 12.7. The van der Waals surface area contributed by atoms with Crippen LogP contribution in [0.15, 0.2) is 29.3 Å². The zero-order valence-corrected chi connectivity index (χ0v) is 20.4. The lowest BCUT2D eigenvalue weighted by Gasteiger charge is -2.29. The molecular formula is C24H40N4O4. The summed E-state index contributed by atoms with van der Waals surface area (Å²) in [5.41, 5.74) is 1.27. The lowest BCUT2D eigenvalue weighted by atomic mass is 10.1. The largest absolute Gasteiger partial charge is 0.444 e. The van der Waals surface area contributed by atoms with Crippen molar-refractivity contribution in [2.75, 3.05) is 26.8 Å². The molecule has 1 fully saturated rings. The minimum Gasteiger partial charge on any atom is -0.444 e.